The predicted molar refractivity (Wildman–Crippen MR) is 137 cm³/mol. The number of halogens is 1. The number of carbonyl (C=O) groups excluding carboxylic acids is 1. The number of ether oxygens (including phenoxy) is 2. The maximum atomic E-state index is 13.6. The van der Waals surface area contributed by atoms with Crippen LogP contribution in [-0.2, 0) is 6.42 Å². The minimum absolute atomic E-state index is 0.0857. The molecule has 1 aromatic heterocycles. The molecule has 5 N–H and O–H groups in total. The third-order valence-electron chi connectivity index (χ3n) is 5.72. The second kappa shape index (κ2) is 12.3. The van der Waals surface area contributed by atoms with Gasteiger partial charge in [0, 0.05) is 30.2 Å². The van der Waals surface area contributed by atoms with Gasteiger partial charge >= 0.3 is 0 Å². The van der Waals surface area contributed by atoms with Crippen LogP contribution < -0.4 is 20.5 Å². The van der Waals surface area contributed by atoms with Crippen LogP contribution in [0, 0.1) is 5.82 Å². The van der Waals surface area contributed by atoms with Crippen LogP contribution in [-0.4, -0.2) is 53.0 Å². The molecule has 192 valence electrons. The fourth-order valence-corrected chi connectivity index (χ4v) is 3.79. The highest BCUT2D eigenvalue weighted by Gasteiger charge is 2.17. The Bertz CT molecular complexity index is 1340. The van der Waals surface area contributed by atoms with E-state index in [1.165, 1.54) is 24.4 Å². The van der Waals surface area contributed by atoms with Gasteiger partial charge in [0.15, 0.2) is 5.75 Å². The number of aliphatic hydroxyl groups excluding tert-OH is 2. The van der Waals surface area contributed by atoms with Gasteiger partial charge in [-0.25, -0.2) is 4.39 Å². The number of para-hydroxylation sites is 1. The number of rotatable bonds is 12. The summed E-state index contributed by atoms with van der Waals surface area (Å²) in [5.74, 6) is 0.165. The van der Waals surface area contributed by atoms with Crippen molar-refractivity contribution in [2.24, 2.45) is 5.73 Å². The van der Waals surface area contributed by atoms with Crippen molar-refractivity contribution in [1.82, 2.24) is 10.3 Å². The minimum atomic E-state index is -0.742. The van der Waals surface area contributed by atoms with Crippen molar-refractivity contribution in [2.45, 2.75) is 18.6 Å². The fourth-order valence-electron chi connectivity index (χ4n) is 3.79. The second-order valence-electron chi connectivity index (χ2n) is 8.54. The number of hydrogen-bond donors (Lipinski definition) is 4. The molecule has 0 saturated heterocycles. The second-order valence-corrected chi connectivity index (χ2v) is 8.54. The molecular weight excluding hydrogens is 477 g/mol. The molecule has 0 aliphatic carbocycles. The molecule has 0 radical (unpaired) electrons. The van der Waals surface area contributed by atoms with E-state index in [2.05, 4.69) is 10.3 Å². The Morgan fingerprint density at radius 3 is 2.51 bits per heavy atom. The first-order valence-electron chi connectivity index (χ1n) is 11.8. The smallest absolute Gasteiger partial charge is 0.254 e. The first-order chi connectivity index (χ1) is 17.9. The Balaban J connectivity index is 1.37. The van der Waals surface area contributed by atoms with Crippen LogP contribution in [0.5, 0.6) is 17.2 Å². The van der Waals surface area contributed by atoms with Crippen LogP contribution in [0.2, 0.25) is 0 Å². The molecule has 8 nitrogen and oxygen atoms in total. The van der Waals surface area contributed by atoms with Crippen LogP contribution >= 0.6 is 0 Å². The lowest BCUT2D eigenvalue weighted by Crippen LogP contribution is -2.41. The molecule has 0 bridgehead atoms. The summed E-state index contributed by atoms with van der Waals surface area (Å²) in [6.07, 6.45) is 1.03. The number of nitrogens with one attached hydrogen (secondary N) is 1. The average Bonchev–Trinajstić information content (AvgIpc) is 2.91. The van der Waals surface area contributed by atoms with Crippen molar-refractivity contribution in [1.29, 1.82) is 0 Å². The van der Waals surface area contributed by atoms with E-state index in [0.717, 1.165) is 5.56 Å². The number of aromatic nitrogens is 1. The summed E-state index contributed by atoms with van der Waals surface area (Å²) in [6, 6.07) is 20.1. The lowest BCUT2D eigenvalue weighted by Gasteiger charge is -2.19. The number of hydrogen-bond acceptors (Lipinski definition) is 7. The molecule has 2 atom stereocenters. The molecule has 0 aliphatic rings. The van der Waals surface area contributed by atoms with Gasteiger partial charge in [0.2, 0.25) is 0 Å². The molecule has 37 heavy (non-hydrogen) atoms. The lowest BCUT2D eigenvalue weighted by atomic mass is 10.1. The SMILES string of the molecule is NC(=O)c1cnc2cc(F)ccc2c1Oc1ccc(C[C@@H](CO)NC[C@H](O)COc2ccccc2)cc1. The lowest BCUT2D eigenvalue weighted by molar-refractivity contribution is 0.0995. The van der Waals surface area contributed by atoms with Gasteiger partial charge in [-0.1, -0.05) is 30.3 Å². The van der Waals surface area contributed by atoms with Gasteiger partial charge in [-0.15, -0.1) is 0 Å². The fraction of sp³-hybridized carbons (Fsp3) is 0.214. The van der Waals surface area contributed by atoms with Crippen LogP contribution in [0.4, 0.5) is 4.39 Å². The zero-order valence-corrected chi connectivity index (χ0v) is 20.0. The van der Waals surface area contributed by atoms with E-state index < -0.39 is 17.8 Å². The molecule has 3 aromatic carbocycles. The summed E-state index contributed by atoms with van der Waals surface area (Å²) in [4.78, 5) is 16.0. The average molecular weight is 506 g/mol. The van der Waals surface area contributed by atoms with Crippen LogP contribution in [0.25, 0.3) is 10.9 Å². The summed E-state index contributed by atoms with van der Waals surface area (Å²) in [6.45, 7) is 0.266. The van der Waals surface area contributed by atoms with Gasteiger partial charge in [-0.05, 0) is 48.4 Å². The Morgan fingerprint density at radius 2 is 1.81 bits per heavy atom. The highest BCUT2D eigenvalue weighted by Crippen LogP contribution is 2.33. The molecule has 4 rings (SSSR count). The number of amides is 1. The summed E-state index contributed by atoms with van der Waals surface area (Å²) in [5, 5.41) is 23.6. The normalized spacial score (nSPS) is 12.7. The van der Waals surface area contributed by atoms with Crippen LogP contribution in [0.15, 0.2) is 79.0 Å². The number of nitrogens with zero attached hydrogens (tertiary/aromatic N) is 1. The van der Waals surface area contributed by atoms with Crippen LogP contribution in [0.1, 0.15) is 15.9 Å². The zero-order valence-electron chi connectivity index (χ0n) is 20.0. The van der Waals surface area contributed by atoms with E-state index in [0.29, 0.717) is 28.8 Å². The Morgan fingerprint density at radius 1 is 1.05 bits per heavy atom. The monoisotopic (exact) mass is 505 g/mol. The maximum absolute atomic E-state index is 13.6. The predicted octanol–water partition coefficient (Wildman–Crippen LogP) is 3.20. The first kappa shape index (κ1) is 26.0. The van der Waals surface area contributed by atoms with Crippen molar-refractivity contribution in [2.75, 3.05) is 19.8 Å². The number of carbonyl (C=O) groups is 1. The van der Waals surface area contributed by atoms with E-state index in [9.17, 15) is 19.4 Å². The largest absolute Gasteiger partial charge is 0.491 e. The van der Waals surface area contributed by atoms with Gasteiger partial charge in [0.05, 0.1) is 12.1 Å². The van der Waals surface area contributed by atoms with Gasteiger partial charge < -0.3 is 30.7 Å². The van der Waals surface area contributed by atoms with E-state index in [1.807, 2.05) is 42.5 Å². The molecule has 0 unspecified atom stereocenters. The number of nitrogens with two attached hydrogens (primary N) is 1. The number of aliphatic hydroxyl groups is 2. The molecule has 0 fully saturated rings. The molecule has 4 aromatic rings. The van der Waals surface area contributed by atoms with E-state index in [-0.39, 0.29) is 37.1 Å². The van der Waals surface area contributed by atoms with Crippen molar-refractivity contribution in [3.8, 4) is 17.2 Å². The summed E-state index contributed by atoms with van der Waals surface area (Å²) >= 11 is 0. The van der Waals surface area contributed by atoms with E-state index >= 15 is 0 Å². The van der Waals surface area contributed by atoms with E-state index in [1.54, 1.807) is 12.1 Å². The molecule has 1 heterocycles. The maximum Gasteiger partial charge on any atom is 0.254 e. The highest BCUT2D eigenvalue weighted by molar-refractivity contribution is 6.01. The highest BCUT2D eigenvalue weighted by atomic mass is 19.1. The quantitative estimate of drug-likeness (QED) is 0.233. The molecule has 0 saturated carbocycles. The zero-order chi connectivity index (χ0) is 26.2. The minimum Gasteiger partial charge on any atom is -0.491 e. The molecule has 0 aliphatic heterocycles. The topological polar surface area (TPSA) is 127 Å². The first-order valence-corrected chi connectivity index (χ1v) is 11.8. The van der Waals surface area contributed by atoms with Gasteiger partial charge in [-0.3, -0.25) is 9.78 Å². The van der Waals surface area contributed by atoms with E-state index in [4.69, 9.17) is 15.2 Å². The Labute approximate surface area is 213 Å². The molecule has 9 heteroatoms. The number of benzene rings is 3. The standard InChI is InChI=1S/C28H28FN3O5/c29-19-8-11-24-26(13-19)32-15-25(28(30)35)27(24)37-23-9-6-18(7-10-23)12-20(16-33)31-14-21(34)17-36-22-4-2-1-3-5-22/h1-11,13,15,20-21,31,33-34H,12,14,16-17H2,(H2,30,35)/t20-,21-/m0/s1. The summed E-state index contributed by atoms with van der Waals surface area (Å²) in [5.41, 5.74) is 6.84. The van der Waals surface area contributed by atoms with Crippen molar-refractivity contribution in [3.05, 3.63) is 95.9 Å². The Kier molecular flexibility index (Phi) is 8.63. The van der Waals surface area contributed by atoms with Gasteiger partial charge in [-0.2, -0.15) is 0 Å². The van der Waals surface area contributed by atoms with Gasteiger partial charge in [0.25, 0.3) is 5.91 Å². The summed E-state index contributed by atoms with van der Waals surface area (Å²) < 4.78 is 25.2. The third-order valence-corrected chi connectivity index (χ3v) is 5.72. The number of primary amides is 1. The van der Waals surface area contributed by atoms with Crippen molar-refractivity contribution >= 4 is 16.8 Å². The van der Waals surface area contributed by atoms with Gasteiger partial charge in [0.1, 0.15) is 35.6 Å². The molecule has 0 spiro atoms. The van der Waals surface area contributed by atoms with Crippen molar-refractivity contribution in [3.63, 3.8) is 0 Å². The van der Waals surface area contributed by atoms with Crippen molar-refractivity contribution < 1.29 is 28.9 Å². The van der Waals surface area contributed by atoms with Crippen LogP contribution in [0.3, 0.4) is 0 Å². The number of fused-ring (bicyclic) bond motifs is 1. The third kappa shape index (κ3) is 7.01. The molecular formula is C28H28FN3O5. The number of pyridine rings is 1. The Hall–Kier alpha value is -4.05. The summed E-state index contributed by atoms with van der Waals surface area (Å²) in [7, 11) is 0. The molecule has 1 amide bonds.